The van der Waals surface area contributed by atoms with E-state index in [1.54, 1.807) is 0 Å². The van der Waals surface area contributed by atoms with Crippen molar-refractivity contribution in [2.75, 3.05) is 6.61 Å². The molecule has 5 rings (SSSR count). The minimum atomic E-state index is 0.0267. The van der Waals surface area contributed by atoms with E-state index in [9.17, 15) is 4.79 Å². The molecule has 1 aliphatic heterocycles. The van der Waals surface area contributed by atoms with Crippen LogP contribution in [0.3, 0.4) is 0 Å². The monoisotopic (exact) mass is 400 g/mol. The maximum Gasteiger partial charge on any atom is 0.157 e. The summed E-state index contributed by atoms with van der Waals surface area (Å²) < 4.78 is 12.4. The number of carbonyl (C=O) groups excluding carboxylic acids is 1. The van der Waals surface area contributed by atoms with E-state index in [1.165, 1.54) is 50.5 Å². The van der Waals surface area contributed by atoms with Crippen LogP contribution < -0.4 is 0 Å². The molecule has 1 heterocycles. The number of carbonyl (C=O) groups is 1. The normalized spacial score (nSPS) is 48.3. The maximum atomic E-state index is 12.0. The fourth-order valence-corrected chi connectivity index (χ4v) is 8.52. The van der Waals surface area contributed by atoms with Crippen LogP contribution in [0, 0.1) is 34.5 Å². The third kappa shape index (κ3) is 3.26. The van der Waals surface area contributed by atoms with Crippen LogP contribution in [0.25, 0.3) is 0 Å². The van der Waals surface area contributed by atoms with Crippen molar-refractivity contribution in [3.63, 3.8) is 0 Å². The SMILES string of the molecule is C[C@@H](O[C@@H]1CCCCO1)[C@H]1CC[C@H]2[C@@H]3CCC4=CC(=O)CC[C@]4(C)[C@H]3CC[C@]12C. The van der Waals surface area contributed by atoms with Crippen molar-refractivity contribution >= 4 is 5.78 Å². The number of allylic oxidation sites excluding steroid dienone is 1. The quantitative estimate of drug-likeness (QED) is 0.577. The molecular formula is C26H40O3. The molecule has 0 spiro atoms. The number of hydrogen-bond donors (Lipinski definition) is 0. The third-order valence-corrected chi connectivity index (χ3v) is 10.1. The Labute approximate surface area is 177 Å². The Bertz CT molecular complexity index is 677. The average molecular weight is 401 g/mol. The minimum Gasteiger partial charge on any atom is -0.353 e. The van der Waals surface area contributed by atoms with Gasteiger partial charge in [0.25, 0.3) is 0 Å². The fraction of sp³-hybridized carbons (Fsp3) is 0.885. The number of ketones is 1. The van der Waals surface area contributed by atoms with Gasteiger partial charge >= 0.3 is 0 Å². The lowest BCUT2D eigenvalue weighted by Crippen LogP contribution is -2.51. The molecule has 0 bridgehead atoms. The lowest BCUT2D eigenvalue weighted by Gasteiger charge is -2.58. The second kappa shape index (κ2) is 7.48. The van der Waals surface area contributed by atoms with Gasteiger partial charge < -0.3 is 9.47 Å². The molecule has 5 aliphatic rings. The van der Waals surface area contributed by atoms with Gasteiger partial charge in [-0.1, -0.05) is 19.4 Å². The van der Waals surface area contributed by atoms with Crippen LogP contribution in [0.1, 0.15) is 91.4 Å². The highest BCUT2D eigenvalue weighted by Crippen LogP contribution is 2.67. The molecule has 1 saturated heterocycles. The summed E-state index contributed by atoms with van der Waals surface area (Å²) in [6.07, 6.45) is 15.5. The van der Waals surface area contributed by atoms with Gasteiger partial charge in [-0.05, 0) is 112 Å². The Morgan fingerprint density at radius 2 is 1.90 bits per heavy atom. The Morgan fingerprint density at radius 3 is 2.69 bits per heavy atom. The van der Waals surface area contributed by atoms with Crippen LogP contribution in [0.4, 0.5) is 0 Å². The predicted octanol–water partition coefficient (Wildman–Crippen LogP) is 6.07. The van der Waals surface area contributed by atoms with Crippen LogP contribution >= 0.6 is 0 Å². The lowest BCUT2D eigenvalue weighted by atomic mass is 9.46. The first-order valence-corrected chi connectivity index (χ1v) is 12.4. The Morgan fingerprint density at radius 1 is 1.03 bits per heavy atom. The molecule has 0 aromatic rings. The zero-order valence-corrected chi connectivity index (χ0v) is 18.8. The molecule has 4 aliphatic carbocycles. The standard InChI is InChI=1S/C26H40O3/c1-17(29-24-6-4-5-15-28-24)21-9-10-22-20-8-7-18-16-19(27)11-13-25(18,2)23(20)12-14-26(21,22)3/h16-17,20-24H,4-15H2,1-3H3/t17-,20+,21-,22+,23+,24-,25+,26-/m1/s1. The first-order valence-electron chi connectivity index (χ1n) is 12.4. The summed E-state index contributed by atoms with van der Waals surface area (Å²) in [5, 5.41) is 0. The van der Waals surface area contributed by atoms with Gasteiger partial charge in [-0.3, -0.25) is 4.79 Å². The maximum absolute atomic E-state index is 12.0. The van der Waals surface area contributed by atoms with Gasteiger partial charge in [0.2, 0.25) is 0 Å². The molecule has 3 heteroatoms. The van der Waals surface area contributed by atoms with E-state index < -0.39 is 0 Å². The first kappa shape index (κ1) is 20.2. The van der Waals surface area contributed by atoms with E-state index in [4.69, 9.17) is 9.47 Å². The second-order valence-corrected chi connectivity index (χ2v) is 11.3. The van der Waals surface area contributed by atoms with Crippen molar-refractivity contribution in [1.29, 1.82) is 0 Å². The summed E-state index contributed by atoms with van der Waals surface area (Å²) in [6.45, 7) is 8.26. The van der Waals surface area contributed by atoms with Crippen molar-refractivity contribution in [3.8, 4) is 0 Å². The fourth-order valence-electron chi connectivity index (χ4n) is 8.52. The molecule has 0 aromatic heterocycles. The second-order valence-electron chi connectivity index (χ2n) is 11.3. The van der Waals surface area contributed by atoms with Gasteiger partial charge in [-0.2, -0.15) is 0 Å². The molecule has 0 radical (unpaired) electrons. The van der Waals surface area contributed by atoms with Crippen molar-refractivity contribution in [2.24, 2.45) is 34.5 Å². The van der Waals surface area contributed by atoms with Gasteiger partial charge in [0, 0.05) is 13.0 Å². The highest BCUT2D eigenvalue weighted by atomic mass is 16.7. The van der Waals surface area contributed by atoms with Crippen LogP contribution in [0.15, 0.2) is 11.6 Å². The Kier molecular flexibility index (Phi) is 5.22. The van der Waals surface area contributed by atoms with Gasteiger partial charge in [-0.25, -0.2) is 0 Å². The molecule has 29 heavy (non-hydrogen) atoms. The molecular weight excluding hydrogens is 360 g/mol. The van der Waals surface area contributed by atoms with Gasteiger partial charge in [0.1, 0.15) is 0 Å². The summed E-state index contributed by atoms with van der Waals surface area (Å²) >= 11 is 0. The smallest absolute Gasteiger partial charge is 0.157 e. The van der Waals surface area contributed by atoms with Crippen LogP contribution in [0.5, 0.6) is 0 Å². The van der Waals surface area contributed by atoms with Crippen molar-refractivity contribution in [3.05, 3.63) is 11.6 Å². The van der Waals surface area contributed by atoms with Crippen LogP contribution in [-0.2, 0) is 14.3 Å². The van der Waals surface area contributed by atoms with Crippen LogP contribution in [0.2, 0.25) is 0 Å². The molecule has 0 amide bonds. The lowest BCUT2D eigenvalue weighted by molar-refractivity contribution is -0.205. The Hall–Kier alpha value is -0.670. The summed E-state index contributed by atoms with van der Waals surface area (Å²) in [4.78, 5) is 12.0. The summed E-state index contributed by atoms with van der Waals surface area (Å²) in [5.74, 6) is 3.49. The third-order valence-electron chi connectivity index (χ3n) is 10.1. The van der Waals surface area contributed by atoms with Crippen molar-refractivity contribution < 1.29 is 14.3 Å². The van der Waals surface area contributed by atoms with E-state index in [0.717, 1.165) is 50.0 Å². The first-order chi connectivity index (χ1) is 13.9. The van der Waals surface area contributed by atoms with Crippen molar-refractivity contribution in [2.45, 2.75) is 104 Å². The molecule has 3 saturated carbocycles. The van der Waals surface area contributed by atoms with Gasteiger partial charge in [-0.15, -0.1) is 0 Å². The van der Waals surface area contributed by atoms with Crippen LogP contribution in [-0.4, -0.2) is 24.8 Å². The number of rotatable bonds is 3. The minimum absolute atomic E-state index is 0.0267. The Balaban J connectivity index is 1.33. The summed E-state index contributed by atoms with van der Waals surface area (Å²) in [7, 11) is 0. The zero-order valence-electron chi connectivity index (χ0n) is 18.8. The van der Waals surface area contributed by atoms with E-state index in [1.807, 2.05) is 6.08 Å². The largest absolute Gasteiger partial charge is 0.353 e. The van der Waals surface area contributed by atoms with Gasteiger partial charge in [0.15, 0.2) is 12.1 Å². The highest BCUT2D eigenvalue weighted by Gasteiger charge is 2.59. The zero-order chi connectivity index (χ0) is 20.2. The number of fused-ring (bicyclic) bond motifs is 5. The van der Waals surface area contributed by atoms with Crippen molar-refractivity contribution in [1.82, 2.24) is 0 Å². The number of hydrogen-bond acceptors (Lipinski definition) is 3. The van der Waals surface area contributed by atoms with E-state index in [2.05, 4.69) is 20.8 Å². The highest BCUT2D eigenvalue weighted by molar-refractivity contribution is 5.91. The molecule has 4 fully saturated rings. The summed E-state index contributed by atoms with van der Waals surface area (Å²) in [5.41, 5.74) is 2.19. The molecule has 0 aromatic carbocycles. The van der Waals surface area contributed by atoms with E-state index >= 15 is 0 Å². The molecule has 8 atom stereocenters. The summed E-state index contributed by atoms with van der Waals surface area (Å²) in [6, 6.07) is 0. The molecule has 0 N–H and O–H groups in total. The average Bonchev–Trinajstić information content (AvgIpc) is 3.06. The molecule has 3 nitrogen and oxygen atoms in total. The number of ether oxygens (including phenoxy) is 2. The van der Waals surface area contributed by atoms with Gasteiger partial charge in [0.05, 0.1) is 6.10 Å². The topological polar surface area (TPSA) is 35.5 Å². The molecule has 162 valence electrons. The molecule has 0 unspecified atom stereocenters. The van der Waals surface area contributed by atoms with E-state index in [-0.39, 0.29) is 11.7 Å². The predicted molar refractivity (Wildman–Crippen MR) is 114 cm³/mol. The van der Waals surface area contributed by atoms with E-state index in [0.29, 0.717) is 23.2 Å².